The summed E-state index contributed by atoms with van der Waals surface area (Å²) in [6, 6.07) is 10.1. The second-order valence-corrected chi connectivity index (χ2v) is 8.28. The molecule has 3 aromatic heterocycles. The molecule has 0 radical (unpaired) electrons. The van der Waals surface area contributed by atoms with Crippen LogP contribution in [0.4, 0.5) is 5.13 Å². The molecular formula is C20H20N6OS. The molecule has 1 fully saturated rings. The first kappa shape index (κ1) is 17.2. The molecule has 1 N–H and O–H groups in total. The fraction of sp³-hybridized carbons (Fsp3) is 0.350. The van der Waals surface area contributed by atoms with Gasteiger partial charge in [-0.2, -0.15) is 4.91 Å². The van der Waals surface area contributed by atoms with E-state index in [-0.39, 0.29) is 12.1 Å². The lowest BCUT2D eigenvalue weighted by Gasteiger charge is -2.26. The number of nitroso groups, excluding NO2 is 1. The molecule has 5 rings (SSSR count). The molecule has 1 aromatic carbocycles. The van der Waals surface area contributed by atoms with Crippen molar-refractivity contribution in [1.29, 1.82) is 0 Å². The highest BCUT2D eigenvalue weighted by Gasteiger charge is 2.26. The Labute approximate surface area is 165 Å². The van der Waals surface area contributed by atoms with Gasteiger partial charge in [-0.1, -0.05) is 35.4 Å². The van der Waals surface area contributed by atoms with Crippen LogP contribution in [0.3, 0.4) is 0 Å². The number of pyridine rings is 1. The van der Waals surface area contributed by atoms with Crippen LogP contribution in [-0.4, -0.2) is 31.6 Å². The summed E-state index contributed by atoms with van der Waals surface area (Å²) in [5.41, 5.74) is 3.94. The smallest absolute Gasteiger partial charge is 0.184 e. The van der Waals surface area contributed by atoms with E-state index in [0.717, 1.165) is 52.2 Å². The van der Waals surface area contributed by atoms with Gasteiger partial charge in [0.25, 0.3) is 0 Å². The third kappa shape index (κ3) is 3.24. The normalized spacial score (nSPS) is 19.9. The molecule has 0 amide bonds. The minimum Gasteiger partial charge on any atom is -0.356 e. The van der Waals surface area contributed by atoms with Gasteiger partial charge < -0.3 is 9.88 Å². The van der Waals surface area contributed by atoms with E-state index in [0.29, 0.717) is 6.54 Å². The Kier molecular flexibility index (Phi) is 4.48. The van der Waals surface area contributed by atoms with Crippen LogP contribution in [0.1, 0.15) is 31.2 Å². The molecule has 0 bridgehead atoms. The lowest BCUT2D eigenvalue weighted by molar-refractivity contribution is 0.404. The van der Waals surface area contributed by atoms with Crippen LogP contribution >= 0.6 is 11.3 Å². The highest BCUT2D eigenvalue weighted by molar-refractivity contribution is 7.22. The zero-order chi connectivity index (χ0) is 18.9. The molecule has 4 aromatic rings. The second kappa shape index (κ2) is 7.27. The van der Waals surface area contributed by atoms with Crippen LogP contribution < -0.4 is 5.32 Å². The van der Waals surface area contributed by atoms with Crippen molar-refractivity contribution in [3.05, 3.63) is 53.3 Å². The predicted molar refractivity (Wildman–Crippen MR) is 112 cm³/mol. The Bertz CT molecular complexity index is 1140. The molecule has 142 valence electrons. The minimum absolute atomic E-state index is 0.0923. The number of thiazole rings is 1. The molecule has 3 heterocycles. The first-order valence-corrected chi connectivity index (χ1v) is 10.4. The van der Waals surface area contributed by atoms with Crippen LogP contribution in [0.15, 0.2) is 48.0 Å². The maximum atomic E-state index is 11.1. The van der Waals surface area contributed by atoms with Gasteiger partial charge in [0.1, 0.15) is 11.6 Å². The fourth-order valence-corrected chi connectivity index (χ4v) is 4.89. The highest BCUT2D eigenvalue weighted by atomic mass is 32.1. The molecule has 1 saturated carbocycles. The average molecular weight is 392 g/mol. The van der Waals surface area contributed by atoms with Crippen molar-refractivity contribution < 1.29 is 0 Å². The lowest BCUT2D eigenvalue weighted by atomic mass is 9.91. The van der Waals surface area contributed by atoms with Gasteiger partial charge >= 0.3 is 0 Å². The van der Waals surface area contributed by atoms with Crippen LogP contribution in [0.5, 0.6) is 0 Å². The summed E-state index contributed by atoms with van der Waals surface area (Å²) in [4.78, 5) is 24.6. The van der Waals surface area contributed by atoms with Crippen molar-refractivity contribution in [2.75, 3.05) is 5.32 Å². The Balaban J connectivity index is 1.38. The second-order valence-electron chi connectivity index (χ2n) is 7.25. The molecule has 1 aliphatic carbocycles. The molecule has 28 heavy (non-hydrogen) atoms. The van der Waals surface area contributed by atoms with E-state index in [9.17, 15) is 4.91 Å². The molecule has 0 saturated heterocycles. The Morgan fingerprint density at radius 1 is 1.18 bits per heavy atom. The van der Waals surface area contributed by atoms with E-state index in [4.69, 9.17) is 4.98 Å². The number of rotatable bonds is 5. The first-order chi connectivity index (χ1) is 13.8. The number of benzene rings is 1. The number of hydrogen-bond donors (Lipinski definition) is 1. The predicted octanol–water partition coefficient (Wildman–Crippen LogP) is 4.58. The number of fused-ring (bicyclic) bond motifs is 2. The quantitative estimate of drug-likeness (QED) is 0.503. The topological polar surface area (TPSA) is 85.1 Å². The van der Waals surface area contributed by atoms with Crippen molar-refractivity contribution in [2.24, 2.45) is 5.18 Å². The maximum Gasteiger partial charge on any atom is 0.184 e. The number of anilines is 1. The van der Waals surface area contributed by atoms with Gasteiger partial charge in [-0.05, 0) is 42.7 Å². The van der Waals surface area contributed by atoms with E-state index in [1.54, 1.807) is 17.5 Å². The molecule has 0 aliphatic heterocycles. The van der Waals surface area contributed by atoms with Crippen molar-refractivity contribution >= 4 is 37.8 Å². The third-order valence-electron chi connectivity index (χ3n) is 5.35. The average Bonchev–Trinajstić information content (AvgIpc) is 3.32. The summed E-state index contributed by atoms with van der Waals surface area (Å²) in [6.45, 7) is 0.712. The number of nitrogens with one attached hydrogen (secondary N) is 1. The Hall–Kier alpha value is -2.87. The maximum absolute atomic E-state index is 11.1. The zero-order valence-corrected chi connectivity index (χ0v) is 16.1. The zero-order valence-electron chi connectivity index (χ0n) is 15.3. The van der Waals surface area contributed by atoms with Gasteiger partial charge in [0.15, 0.2) is 10.8 Å². The fourth-order valence-electron chi connectivity index (χ4n) is 3.90. The van der Waals surface area contributed by atoms with Crippen molar-refractivity contribution in [3.63, 3.8) is 0 Å². The van der Waals surface area contributed by atoms with E-state index in [1.807, 2.05) is 18.5 Å². The number of hydrogen-bond acceptors (Lipinski definition) is 7. The molecule has 7 nitrogen and oxygen atoms in total. The minimum atomic E-state index is -0.154. The SMILES string of the molecule is O=NC1CCCC[C@H]1Nc1nc2ccc(Cn3cnc4cccnc43)cc2s1. The number of nitrogens with zero attached hydrogens (tertiary/aromatic N) is 5. The van der Waals surface area contributed by atoms with Crippen LogP contribution in [-0.2, 0) is 6.54 Å². The van der Waals surface area contributed by atoms with Gasteiger partial charge in [0.2, 0.25) is 0 Å². The summed E-state index contributed by atoms with van der Waals surface area (Å²) >= 11 is 1.63. The van der Waals surface area contributed by atoms with Crippen molar-refractivity contribution in [3.8, 4) is 0 Å². The Morgan fingerprint density at radius 2 is 2.11 bits per heavy atom. The molecule has 0 spiro atoms. The van der Waals surface area contributed by atoms with Crippen LogP contribution in [0, 0.1) is 4.91 Å². The summed E-state index contributed by atoms with van der Waals surface area (Å²) in [6.07, 6.45) is 7.66. The largest absolute Gasteiger partial charge is 0.356 e. The Morgan fingerprint density at radius 3 is 3.04 bits per heavy atom. The molecule has 1 aliphatic rings. The summed E-state index contributed by atoms with van der Waals surface area (Å²) in [7, 11) is 0. The van der Waals surface area contributed by atoms with E-state index in [1.165, 1.54) is 5.56 Å². The molecule has 2 atom stereocenters. The van der Waals surface area contributed by atoms with E-state index < -0.39 is 0 Å². The lowest BCUT2D eigenvalue weighted by Crippen LogP contribution is -2.34. The van der Waals surface area contributed by atoms with Crippen LogP contribution in [0.25, 0.3) is 21.4 Å². The number of aromatic nitrogens is 4. The van der Waals surface area contributed by atoms with Gasteiger partial charge in [0.05, 0.1) is 29.1 Å². The van der Waals surface area contributed by atoms with Gasteiger partial charge in [0, 0.05) is 6.20 Å². The molecule has 8 heteroatoms. The third-order valence-corrected chi connectivity index (χ3v) is 6.30. The monoisotopic (exact) mass is 392 g/mol. The summed E-state index contributed by atoms with van der Waals surface area (Å²) in [5.74, 6) is 0. The number of imidazole rings is 1. The summed E-state index contributed by atoms with van der Waals surface area (Å²) in [5, 5.41) is 7.62. The highest BCUT2D eigenvalue weighted by Crippen LogP contribution is 2.30. The van der Waals surface area contributed by atoms with Crippen molar-refractivity contribution in [1.82, 2.24) is 19.5 Å². The van der Waals surface area contributed by atoms with E-state index >= 15 is 0 Å². The summed E-state index contributed by atoms with van der Waals surface area (Å²) < 4.78 is 3.18. The van der Waals surface area contributed by atoms with Gasteiger partial charge in [-0.25, -0.2) is 15.0 Å². The van der Waals surface area contributed by atoms with Crippen molar-refractivity contribution in [2.45, 2.75) is 44.3 Å². The molecular weight excluding hydrogens is 372 g/mol. The first-order valence-electron chi connectivity index (χ1n) is 9.54. The van der Waals surface area contributed by atoms with Gasteiger partial charge in [-0.15, -0.1) is 0 Å². The van der Waals surface area contributed by atoms with Gasteiger partial charge in [-0.3, -0.25) is 0 Å². The van der Waals surface area contributed by atoms with Crippen LogP contribution in [0.2, 0.25) is 0 Å². The standard InChI is InChI=1S/C20H20N6OS/c27-25-15-5-2-1-4-14(15)23-20-24-16-8-7-13(10-18(16)28-20)11-26-12-22-17-6-3-9-21-19(17)26/h3,6-10,12,14-15H,1-2,4-5,11H2,(H,23,24)/t14-,15?/m1/s1. The van der Waals surface area contributed by atoms with E-state index in [2.05, 4.69) is 43.2 Å². The molecule has 1 unspecified atom stereocenters.